The number of thiophene rings is 1. The first-order chi connectivity index (χ1) is 28.5. The Labute approximate surface area is 340 Å². The lowest BCUT2D eigenvalue weighted by atomic mass is 9.82. The topological polar surface area (TPSA) is 16.4 Å². The van der Waals surface area contributed by atoms with Gasteiger partial charge in [-0.3, -0.25) is 0 Å². The van der Waals surface area contributed by atoms with Crippen molar-refractivity contribution in [1.82, 2.24) is 0 Å². The van der Waals surface area contributed by atoms with E-state index in [2.05, 4.69) is 195 Å². The van der Waals surface area contributed by atoms with Crippen molar-refractivity contribution in [2.24, 2.45) is 0 Å². The predicted molar refractivity (Wildman–Crippen MR) is 247 cm³/mol. The molecule has 0 fully saturated rings. The number of benzene rings is 9. The molecule has 0 unspecified atom stereocenters. The van der Waals surface area contributed by atoms with Crippen LogP contribution in [-0.4, -0.2) is 0 Å². The lowest BCUT2D eigenvalue weighted by Gasteiger charge is -2.29. The fourth-order valence-electron chi connectivity index (χ4n) is 9.66. The summed E-state index contributed by atoms with van der Waals surface area (Å²) in [5.74, 6) is 0. The molecule has 0 amide bonds. The molecule has 0 bridgehead atoms. The minimum absolute atomic E-state index is 0.110. The first-order valence-electron chi connectivity index (χ1n) is 20.0. The lowest BCUT2D eigenvalue weighted by molar-refractivity contribution is 0.660. The molecule has 2 heterocycles. The van der Waals surface area contributed by atoms with Gasteiger partial charge in [0.1, 0.15) is 11.2 Å². The summed E-state index contributed by atoms with van der Waals surface area (Å²) in [6, 6.07) is 68.8. The summed E-state index contributed by atoms with van der Waals surface area (Å²) in [5, 5.41) is 7.52. The van der Waals surface area contributed by atoms with E-state index in [0.717, 1.165) is 44.4 Å². The number of furan rings is 1. The normalized spacial score (nSPS) is 13.1. The highest BCUT2D eigenvalue weighted by Gasteiger charge is 2.37. The zero-order chi connectivity index (χ0) is 38.5. The van der Waals surface area contributed by atoms with Crippen LogP contribution in [0.15, 0.2) is 192 Å². The van der Waals surface area contributed by atoms with E-state index in [-0.39, 0.29) is 5.41 Å². The first-order valence-corrected chi connectivity index (χ1v) is 20.8. The van der Waals surface area contributed by atoms with Gasteiger partial charge in [0, 0.05) is 58.9 Å². The van der Waals surface area contributed by atoms with Gasteiger partial charge in [-0.2, -0.15) is 0 Å². The second kappa shape index (κ2) is 12.5. The number of anilines is 3. The minimum Gasteiger partial charge on any atom is -0.455 e. The van der Waals surface area contributed by atoms with Crippen molar-refractivity contribution in [1.29, 1.82) is 0 Å². The maximum Gasteiger partial charge on any atom is 0.143 e. The van der Waals surface area contributed by atoms with Crippen LogP contribution in [0.2, 0.25) is 0 Å². The van der Waals surface area contributed by atoms with Crippen molar-refractivity contribution in [3.8, 4) is 33.4 Å². The van der Waals surface area contributed by atoms with Crippen molar-refractivity contribution in [3.63, 3.8) is 0 Å². The Bertz CT molecular complexity index is 3420. The average Bonchev–Trinajstić information content (AvgIpc) is 3.93. The van der Waals surface area contributed by atoms with Gasteiger partial charge < -0.3 is 9.32 Å². The van der Waals surface area contributed by atoms with E-state index in [4.69, 9.17) is 4.42 Å². The maximum atomic E-state index is 6.46. The maximum absolute atomic E-state index is 6.46. The van der Waals surface area contributed by atoms with Crippen molar-refractivity contribution in [2.45, 2.75) is 19.3 Å². The quantitative estimate of drug-likeness (QED) is 0.174. The van der Waals surface area contributed by atoms with Gasteiger partial charge in [-0.15, -0.1) is 11.3 Å². The Morgan fingerprint density at radius 1 is 0.431 bits per heavy atom. The number of hydrogen-bond acceptors (Lipinski definition) is 3. The second-order valence-corrected chi connectivity index (χ2v) is 17.0. The molecule has 12 rings (SSSR count). The van der Waals surface area contributed by atoms with Gasteiger partial charge in [0.05, 0.1) is 5.69 Å². The molecule has 1 aliphatic rings. The molecule has 0 N–H and O–H groups in total. The van der Waals surface area contributed by atoms with Crippen molar-refractivity contribution < 1.29 is 4.42 Å². The highest BCUT2D eigenvalue weighted by molar-refractivity contribution is 7.27. The molecule has 274 valence electrons. The fraction of sp³-hybridized carbons (Fsp3) is 0.0545. The van der Waals surface area contributed by atoms with Crippen LogP contribution in [0.4, 0.5) is 17.1 Å². The molecule has 11 aromatic rings. The van der Waals surface area contributed by atoms with Crippen molar-refractivity contribution in [3.05, 3.63) is 199 Å². The molecule has 1 aliphatic carbocycles. The largest absolute Gasteiger partial charge is 0.455 e. The van der Waals surface area contributed by atoms with E-state index in [9.17, 15) is 0 Å². The highest BCUT2D eigenvalue weighted by atomic mass is 32.1. The van der Waals surface area contributed by atoms with Crippen LogP contribution in [0.5, 0.6) is 0 Å². The number of fused-ring (bicyclic) bond motifs is 11. The van der Waals surface area contributed by atoms with Gasteiger partial charge in [-0.05, 0) is 80.6 Å². The van der Waals surface area contributed by atoms with E-state index in [0.29, 0.717) is 0 Å². The van der Waals surface area contributed by atoms with E-state index >= 15 is 0 Å². The van der Waals surface area contributed by atoms with Crippen molar-refractivity contribution in [2.75, 3.05) is 4.90 Å². The zero-order valence-electron chi connectivity index (χ0n) is 32.2. The summed E-state index contributed by atoms with van der Waals surface area (Å²) >= 11 is 1.91. The van der Waals surface area contributed by atoms with Crippen LogP contribution < -0.4 is 4.90 Å². The number of rotatable bonds is 5. The molecule has 3 heteroatoms. The second-order valence-electron chi connectivity index (χ2n) is 16.0. The summed E-state index contributed by atoms with van der Waals surface area (Å²) in [5.41, 5.74) is 15.1. The lowest BCUT2D eigenvalue weighted by Crippen LogP contribution is -2.16. The van der Waals surface area contributed by atoms with Crippen LogP contribution in [0.3, 0.4) is 0 Å². The highest BCUT2D eigenvalue weighted by Crippen LogP contribution is 2.54. The van der Waals surface area contributed by atoms with Gasteiger partial charge in [0.25, 0.3) is 0 Å². The summed E-state index contributed by atoms with van der Waals surface area (Å²) < 4.78 is 9.14. The van der Waals surface area contributed by atoms with Crippen LogP contribution in [-0.2, 0) is 5.41 Å². The third kappa shape index (κ3) is 4.84. The van der Waals surface area contributed by atoms with Crippen LogP contribution in [0.1, 0.15) is 25.0 Å². The van der Waals surface area contributed by atoms with Gasteiger partial charge in [-0.1, -0.05) is 166 Å². The van der Waals surface area contributed by atoms with E-state index in [1.165, 1.54) is 70.0 Å². The Kier molecular flexibility index (Phi) is 7.18. The summed E-state index contributed by atoms with van der Waals surface area (Å²) in [4.78, 5) is 2.44. The molecule has 2 nitrogen and oxygen atoms in total. The molecular weight excluding hydrogens is 723 g/mol. The molecule has 9 aromatic carbocycles. The Morgan fingerprint density at radius 3 is 1.83 bits per heavy atom. The van der Waals surface area contributed by atoms with Crippen molar-refractivity contribution >= 4 is 81.3 Å². The first kappa shape index (κ1) is 33.2. The number of hydrogen-bond donors (Lipinski definition) is 0. The number of para-hydroxylation sites is 2. The molecule has 0 saturated carbocycles. The van der Waals surface area contributed by atoms with Gasteiger partial charge >= 0.3 is 0 Å². The van der Waals surface area contributed by atoms with Crippen LogP contribution in [0, 0.1) is 0 Å². The molecule has 58 heavy (non-hydrogen) atoms. The molecule has 0 radical (unpaired) electrons. The van der Waals surface area contributed by atoms with E-state index in [1.807, 2.05) is 23.5 Å². The van der Waals surface area contributed by atoms with Crippen LogP contribution >= 0.6 is 11.3 Å². The molecule has 0 atom stereocenters. The summed E-state index contributed by atoms with van der Waals surface area (Å²) in [7, 11) is 0. The smallest absolute Gasteiger partial charge is 0.143 e. The summed E-state index contributed by atoms with van der Waals surface area (Å²) in [6.07, 6.45) is 0. The fourth-order valence-corrected chi connectivity index (χ4v) is 11.0. The van der Waals surface area contributed by atoms with Crippen LogP contribution in [0.25, 0.3) is 86.3 Å². The Hall–Kier alpha value is -6.94. The molecule has 0 spiro atoms. The molecule has 0 saturated heterocycles. The van der Waals surface area contributed by atoms with Gasteiger partial charge in [0.15, 0.2) is 0 Å². The average molecular weight is 760 g/mol. The third-order valence-corrected chi connectivity index (χ3v) is 13.8. The predicted octanol–water partition coefficient (Wildman–Crippen LogP) is 16.2. The Balaban J connectivity index is 1.01. The summed E-state index contributed by atoms with van der Waals surface area (Å²) in [6.45, 7) is 4.71. The molecule has 2 aromatic heterocycles. The zero-order valence-corrected chi connectivity index (χ0v) is 33.0. The van der Waals surface area contributed by atoms with E-state index < -0.39 is 0 Å². The minimum atomic E-state index is -0.110. The standard InChI is InChI=1S/C55H37NOS/c1-55(2)47-20-7-5-15-46(47)51-48(55)21-11-22-49(51)56(37-29-24-35(25-30-37)39-16-9-18-43-42-14-6-8-23-50(42)57-52(39)43)38-31-26-36(27-32-38)41-17-10-19-44-45-33-28-34-12-3-4-13-40(34)54(45)58-53(41)44/h3-33H,1-2H3. The third-order valence-electron chi connectivity index (χ3n) is 12.5. The molecular formula is C55H37NOS. The monoisotopic (exact) mass is 759 g/mol. The number of nitrogens with zero attached hydrogens (tertiary/aromatic N) is 1. The van der Waals surface area contributed by atoms with Gasteiger partial charge in [0.2, 0.25) is 0 Å². The Morgan fingerprint density at radius 2 is 1.02 bits per heavy atom. The van der Waals surface area contributed by atoms with E-state index in [1.54, 1.807) is 0 Å². The SMILES string of the molecule is CC1(C)c2ccccc2-c2c(N(c3ccc(-c4cccc5c4oc4ccccc45)cc3)c3ccc(-c4cccc5c4sc4c6ccccc6ccc54)cc3)cccc21. The molecule has 0 aliphatic heterocycles. The van der Waals surface area contributed by atoms with Gasteiger partial charge in [-0.25, -0.2) is 0 Å².